The molecule has 27 heavy (non-hydrogen) atoms. The lowest BCUT2D eigenvalue weighted by Gasteiger charge is -2.23. The van der Waals surface area contributed by atoms with Crippen LogP contribution in [-0.4, -0.2) is 27.9 Å². The van der Waals surface area contributed by atoms with Crippen molar-refractivity contribution in [3.05, 3.63) is 66.2 Å². The minimum Gasteiger partial charge on any atom is -0.356 e. The van der Waals surface area contributed by atoms with Crippen LogP contribution in [0, 0.1) is 0 Å². The number of hydrogen-bond acceptors (Lipinski definition) is 6. The highest BCUT2D eigenvalue weighted by atomic mass is 32.2. The van der Waals surface area contributed by atoms with Crippen molar-refractivity contribution in [3.63, 3.8) is 0 Å². The fourth-order valence-corrected chi connectivity index (χ4v) is 4.55. The minimum absolute atomic E-state index is 0.0719. The number of nitrogens with one attached hydrogen (secondary N) is 1. The average Bonchev–Trinajstić information content (AvgIpc) is 3.16. The maximum atomic E-state index is 12.8. The lowest BCUT2D eigenvalue weighted by atomic mass is 10.2. The van der Waals surface area contributed by atoms with Gasteiger partial charge in [-0.25, -0.2) is 0 Å². The van der Waals surface area contributed by atoms with Gasteiger partial charge in [0.1, 0.15) is 0 Å². The fraction of sp³-hybridized carbons (Fsp3) is 0.250. The van der Waals surface area contributed by atoms with Crippen molar-refractivity contribution in [2.45, 2.75) is 30.0 Å². The maximum Gasteiger partial charge on any atom is 0.240 e. The molecular formula is C20H22N4OS2. The van der Waals surface area contributed by atoms with Gasteiger partial charge in [0.25, 0.3) is 0 Å². The van der Waals surface area contributed by atoms with Crippen molar-refractivity contribution < 1.29 is 4.79 Å². The molecule has 0 saturated carbocycles. The first kappa shape index (κ1) is 19.4. The molecule has 0 aliphatic carbocycles. The van der Waals surface area contributed by atoms with Gasteiger partial charge in [-0.3, -0.25) is 4.79 Å². The van der Waals surface area contributed by atoms with Crippen molar-refractivity contribution in [1.82, 2.24) is 10.2 Å². The molecule has 0 radical (unpaired) electrons. The zero-order chi connectivity index (χ0) is 19.1. The summed E-state index contributed by atoms with van der Waals surface area (Å²) < 4.78 is 0.788. The van der Waals surface area contributed by atoms with E-state index in [2.05, 4.69) is 27.6 Å². The number of rotatable bonds is 8. The Morgan fingerprint density at radius 1 is 1.11 bits per heavy atom. The number of aromatic nitrogens is 2. The van der Waals surface area contributed by atoms with Gasteiger partial charge in [-0.2, -0.15) is 0 Å². The molecule has 5 nitrogen and oxygen atoms in total. The molecule has 1 aromatic heterocycles. The van der Waals surface area contributed by atoms with E-state index >= 15 is 0 Å². The Kier molecular flexibility index (Phi) is 6.84. The predicted octanol–water partition coefficient (Wildman–Crippen LogP) is 4.68. The summed E-state index contributed by atoms with van der Waals surface area (Å²) >= 11 is 2.92. The summed E-state index contributed by atoms with van der Waals surface area (Å²) in [5, 5.41) is 12.2. The van der Waals surface area contributed by atoms with Gasteiger partial charge in [-0.05, 0) is 31.5 Å². The Morgan fingerprint density at radius 3 is 2.44 bits per heavy atom. The highest BCUT2D eigenvalue weighted by Crippen LogP contribution is 2.30. The lowest BCUT2D eigenvalue weighted by Crippen LogP contribution is -2.36. The second kappa shape index (κ2) is 9.53. The summed E-state index contributed by atoms with van der Waals surface area (Å²) in [7, 11) is 0. The molecule has 3 aromatic rings. The first-order valence-electron chi connectivity index (χ1n) is 8.81. The van der Waals surface area contributed by atoms with E-state index in [0.717, 1.165) is 15.2 Å². The van der Waals surface area contributed by atoms with Crippen LogP contribution in [0.25, 0.3) is 0 Å². The van der Waals surface area contributed by atoms with Crippen molar-refractivity contribution in [3.8, 4) is 0 Å². The van der Waals surface area contributed by atoms with Crippen molar-refractivity contribution in [2.24, 2.45) is 0 Å². The van der Waals surface area contributed by atoms with Crippen molar-refractivity contribution >= 4 is 39.8 Å². The van der Waals surface area contributed by atoms with Gasteiger partial charge in [-0.1, -0.05) is 71.6 Å². The lowest BCUT2D eigenvalue weighted by molar-refractivity contribution is -0.117. The van der Waals surface area contributed by atoms with E-state index in [1.165, 1.54) is 28.7 Å². The van der Waals surface area contributed by atoms with Crippen LogP contribution in [-0.2, 0) is 11.3 Å². The van der Waals surface area contributed by atoms with Gasteiger partial charge >= 0.3 is 0 Å². The van der Waals surface area contributed by atoms with Gasteiger partial charge in [0.15, 0.2) is 4.34 Å². The molecular weight excluding hydrogens is 376 g/mol. The molecule has 1 heterocycles. The summed E-state index contributed by atoms with van der Waals surface area (Å²) in [5.74, 6) is 0.0719. The molecule has 0 aliphatic rings. The van der Waals surface area contributed by atoms with E-state index in [0.29, 0.717) is 13.1 Å². The first-order valence-corrected chi connectivity index (χ1v) is 10.5. The Balaban J connectivity index is 1.58. The van der Waals surface area contributed by atoms with E-state index < -0.39 is 0 Å². The Labute approximate surface area is 167 Å². The fourth-order valence-electron chi connectivity index (χ4n) is 2.60. The normalized spacial score (nSPS) is 11.8. The number of hydrogen-bond donors (Lipinski definition) is 1. The Bertz CT molecular complexity index is 855. The number of carbonyl (C=O) groups is 1. The maximum absolute atomic E-state index is 12.8. The number of amides is 1. The molecule has 140 valence electrons. The van der Waals surface area contributed by atoms with E-state index in [1.54, 1.807) is 4.90 Å². The molecule has 2 aromatic carbocycles. The van der Waals surface area contributed by atoms with E-state index in [4.69, 9.17) is 0 Å². The van der Waals surface area contributed by atoms with Gasteiger partial charge in [0.05, 0.1) is 5.25 Å². The van der Waals surface area contributed by atoms with E-state index in [9.17, 15) is 4.79 Å². The van der Waals surface area contributed by atoms with Crippen LogP contribution in [0.2, 0.25) is 0 Å². The molecule has 0 aliphatic heterocycles. The average molecular weight is 399 g/mol. The van der Waals surface area contributed by atoms with Gasteiger partial charge in [-0.15, -0.1) is 10.2 Å². The predicted molar refractivity (Wildman–Crippen MR) is 113 cm³/mol. The third-order valence-corrected chi connectivity index (χ3v) is 6.02. The molecule has 1 amide bonds. The molecule has 0 saturated heterocycles. The number of thioether (sulfide) groups is 1. The van der Waals surface area contributed by atoms with Crippen molar-refractivity contribution in [2.75, 3.05) is 16.8 Å². The third kappa shape index (κ3) is 5.30. The zero-order valence-electron chi connectivity index (χ0n) is 15.3. The highest BCUT2D eigenvalue weighted by molar-refractivity contribution is 8.02. The number of benzene rings is 2. The molecule has 7 heteroatoms. The number of anilines is 2. The summed E-state index contributed by atoms with van der Waals surface area (Å²) in [5.41, 5.74) is 2.10. The number of para-hydroxylation sites is 1. The van der Waals surface area contributed by atoms with Gasteiger partial charge in [0, 0.05) is 18.8 Å². The van der Waals surface area contributed by atoms with E-state index in [-0.39, 0.29) is 11.2 Å². The smallest absolute Gasteiger partial charge is 0.240 e. The summed E-state index contributed by atoms with van der Waals surface area (Å²) in [4.78, 5) is 14.6. The SMILES string of the molecule is CCN(C(=O)C(C)Sc1nnc(NCc2ccccc2)s1)c1ccccc1. The van der Waals surface area contributed by atoms with E-state index in [1.807, 2.05) is 62.4 Å². The van der Waals surface area contributed by atoms with Gasteiger partial charge in [0.2, 0.25) is 11.0 Å². The second-order valence-corrected chi connectivity index (χ2v) is 8.46. The summed E-state index contributed by atoms with van der Waals surface area (Å²) in [6.45, 7) is 5.23. The summed E-state index contributed by atoms with van der Waals surface area (Å²) in [6, 6.07) is 19.9. The van der Waals surface area contributed by atoms with Crippen LogP contribution in [0.4, 0.5) is 10.8 Å². The molecule has 0 bridgehead atoms. The third-order valence-electron chi connectivity index (χ3n) is 3.97. The van der Waals surface area contributed by atoms with Crippen LogP contribution in [0.5, 0.6) is 0 Å². The van der Waals surface area contributed by atoms with Crippen LogP contribution < -0.4 is 10.2 Å². The second-order valence-electron chi connectivity index (χ2n) is 5.89. The number of carbonyl (C=O) groups excluding carboxylic acids is 1. The topological polar surface area (TPSA) is 58.1 Å². The summed E-state index contributed by atoms with van der Waals surface area (Å²) in [6.07, 6.45) is 0. The first-order chi connectivity index (χ1) is 13.2. The zero-order valence-corrected chi connectivity index (χ0v) is 17.0. The van der Waals surface area contributed by atoms with Crippen LogP contribution in [0.1, 0.15) is 19.4 Å². The standard InChI is InChI=1S/C20H22N4OS2/c1-3-24(17-12-8-5-9-13-17)18(25)15(2)26-20-23-22-19(27-20)21-14-16-10-6-4-7-11-16/h4-13,15H,3,14H2,1-2H3,(H,21,22). The molecule has 1 N–H and O–H groups in total. The monoisotopic (exact) mass is 398 g/mol. The van der Waals surface area contributed by atoms with Crippen LogP contribution in [0.15, 0.2) is 65.0 Å². The minimum atomic E-state index is -0.236. The van der Waals surface area contributed by atoms with Crippen LogP contribution in [0.3, 0.4) is 0 Å². The van der Waals surface area contributed by atoms with Crippen LogP contribution >= 0.6 is 23.1 Å². The Morgan fingerprint density at radius 2 is 1.78 bits per heavy atom. The molecule has 0 spiro atoms. The van der Waals surface area contributed by atoms with Gasteiger partial charge < -0.3 is 10.2 Å². The highest BCUT2D eigenvalue weighted by Gasteiger charge is 2.23. The molecule has 1 atom stereocenters. The molecule has 3 rings (SSSR count). The van der Waals surface area contributed by atoms with Crippen molar-refractivity contribution in [1.29, 1.82) is 0 Å². The Hall–Kier alpha value is -2.38. The molecule has 1 unspecified atom stereocenters. The molecule has 0 fully saturated rings. The largest absolute Gasteiger partial charge is 0.356 e. The quantitative estimate of drug-likeness (QED) is 0.558. The number of nitrogens with zero attached hydrogens (tertiary/aromatic N) is 3.